The summed E-state index contributed by atoms with van der Waals surface area (Å²) in [4.78, 5) is 12.7. The first-order chi connectivity index (χ1) is 18.7. The minimum Gasteiger partial charge on any atom is -0.426 e. The van der Waals surface area contributed by atoms with Crippen LogP contribution in [-0.4, -0.2) is 5.97 Å². The maximum absolute atomic E-state index is 12.7. The SMILES string of the molecule is CCCCCCCCCCCCCC1CCC(C(=O)Oc2ccc(CCc3ccc(C#N)cc3)cc2)CC1. The summed E-state index contributed by atoms with van der Waals surface area (Å²) in [6.45, 7) is 2.28. The van der Waals surface area contributed by atoms with E-state index in [0.29, 0.717) is 11.3 Å². The van der Waals surface area contributed by atoms with E-state index in [1.165, 1.54) is 101 Å². The van der Waals surface area contributed by atoms with Crippen molar-refractivity contribution in [3.63, 3.8) is 0 Å². The van der Waals surface area contributed by atoms with Crippen LogP contribution in [0.25, 0.3) is 0 Å². The number of aryl methyl sites for hydroxylation is 2. The van der Waals surface area contributed by atoms with Gasteiger partial charge in [0.2, 0.25) is 0 Å². The molecule has 0 unspecified atom stereocenters. The molecule has 0 heterocycles. The van der Waals surface area contributed by atoms with Gasteiger partial charge in [-0.1, -0.05) is 108 Å². The number of unbranched alkanes of at least 4 members (excludes halogenated alkanes) is 10. The third kappa shape index (κ3) is 11.4. The molecule has 0 aromatic heterocycles. The molecule has 0 saturated heterocycles. The smallest absolute Gasteiger partial charge is 0.314 e. The van der Waals surface area contributed by atoms with Crippen LogP contribution in [0.2, 0.25) is 0 Å². The highest BCUT2D eigenvalue weighted by molar-refractivity contribution is 5.75. The van der Waals surface area contributed by atoms with Gasteiger partial charge in [0.1, 0.15) is 5.75 Å². The molecule has 1 fully saturated rings. The molecule has 38 heavy (non-hydrogen) atoms. The molecule has 1 saturated carbocycles. The second-order valence-corrected chi connectivity index (χ2v) is 11.4. The van der Waals surface area contributed by atoms with Crippen molar-refractivity contribution in [3.8, 4) is 11.8 Å². The van der Waals surface area contributed by atoms with Crippen LogP contribution < -0.4 is 4.74 Å². The highest BCUT2D eigenvalue weighted by Gasteiger charge is 2.27. The normalized spacial score (nSPS) is 17.2. The Morgan fingerprint density at radius 2 is 1.24 bits per heavy atom. The lowest BCUT2D eigenvalue weighted by atomic mass is 9.79. The van der Waals surface area contributed by atoms with Crippen LogP contribution in [0.4, 0.5) is 0 Å². The highest BCUT2D eigenvalue weighted by Crippen LogP contribution is 2.33. The Morgan fingerprint density at radius 3 is 1.76 bits per heavy atom. The minimum atomic E-state index is -0.0523. The Bertz CT molecular complexity index is 949. The van der Waals surface area contributed by atoms with E-state index < -0.39 is 0 Å². The van der Waals surface area contributed by atoms with Gasteiger partial charge in [0, 0.05) is 0 Å². The van der Waals surface area contributed by atoms with Gasteiger partial charge >= 0.3 is 5.97 Å². The maximum atomic E-state index is 12.7. The largest absolute Gasteiger partial charge is 0.426 e. The van der Waals surface area contributed by atoms with E-state index in [2.05, 4.69) is 25.1 Å². The van der Waals surface area contributed by atoms with Crippen molar-refractivity contribution in [1.82, 2.24) is 0 Å². The summed E-state index contributed by atoms with van der Waals surface area (Å²) in [6.07, 6.45) is 22.9. The van der Waals surface area contributed by atoms with E-state index in [1.54, 1.807) is 0 Å². The van der Waals surface area contributed by atoms with Crippen LogP contribution in [0.1, 0.15) is 126 Å². The molecule has 1 aliphatic rings. The Hall–Kier alpha value is -2.60. The van der Waals surface area contributed by atoms with Crippen molar-refractivity contribution in [2.24, 2.45) is 11.8 Å². The maximum Gasteiger partial charge on any atom is 0.314 e. The average molecular weight is 516 g/mol. The number of nitrogens with zero attached hydrogens (tertiary/aromatic N) is 1. The lowest BCUT2D eigenvalue weighted by molar-refractivity contribution is -0.140. The minimum absolute atomic E-state index is 0.0523. The summed E-state index contributed by atoms with van der Waals surface area (Å²) in [7, 11) is 0. The molecule has 0 amide bonds. The fraction of sp³-hybridized carbons (Fsp3) is 0.600. The van der Waals surface area contributed by atoms with Gasteiger partial charge in [0.15, 0.2) is 0 Å². The molecule has 3 nitrogen and oxygen atoms in total. The van der Waals surface area contributed by atoms with Crippen LogP contribution in [-0.2, 0) is 17.6 Å². The fourth-order valence-corrected chi connectivity index (χ4v) is 5.74. The Morgan fingerprint density at radius 1 is 0.737 bits per heavy atom. The summed E-state index contributed by atoms with van der Waals surface area (Å²) >= 11 is 0. The predicted octanol–water partition coefficient (Wildman–Crippen LogP) is 9.76. The molecular weight excluding hydrogens is 466 g/mol. The lowest BCUT2D eigenvalue weighted by Gasteiger charge is -2.27. The average Bonchev–Trinajstić information content (AvgIpc) is 2.96. The summed E-state index contributed by atoms with van der Waals surface area (Å²) < 4.78 is 5.74. The number of ether oxygens (including phenoxy) is 1. The third-order valence-electron chi connectivity index (χ3n) is 8.32. The van der Waals surface area contributed by atoms with E-state index in [-0.39, 0.29) is 11.9 Å². The number of carbonyl (C=O) groups excluding carboxylic acids is 1. The zero-order valence-corrected chi connectivity index (χ0v) is 23.8. The van der Waals surface area contributed by atoms with Gasteiger partial charge in [0.05, 0.1) is 17.6 Å². The molecule has 0 atom stereocenters. The molecule has 0 bridgehead atoms. The molecule has 2 aromatic carbocycles. The molecule has 0 spiro atoms. The standard InChI is InChI=1S/C35H49NO2/c1-2-3-4-5-6-7-8-9-10-11-12-13-29-20-24-33(25-21-29)35(37)38-34-26-22-31(23-27-34)15-14-30-16-18-32(28-36)19-17-30/h16-19,22-23,26-27,29,33H,2-15,20-21,24-25H2,1H3. The van der Waals surface area contributed by atoms with Crippen molar-refractivity contribution in [2.75, 3.05) is 0 Å². The number of esters is 1. The van der Waals surface area contributed by atoms with E-state index in [0.717, 1.165) is 31.6 Å². The van der Waals surface area contributed by atoms with E-state index in [4.69, 9.17) is 10.00 Å². The number of rotatable bonds is 17. The Balaban J connectivity index is 1.23. The second kappa shape index (κ2) is 17.8. The van der Waals surface area contributed by atoms with Gasteiger partial charge in [-0.3, -0.25) is 4.79 Å². The van der Waals surface area contributed by atoms with Gasteiger partial charge in [0.25, 0.3) is 0 Å². The summed E-state index contributed by atoms with van der Waals surface area (Å²) in [6, 6.07) is 17.9. The van der Waals surface area contributed by atoms with Gasteiger partial charge in [-0.25, -0.2) is 0 Å². The van der Waals surface area contributed by atoms with Crippen molar-refractivity contribution >= 4 is 5.97 Å². The summed E-state index contributed by atoms with van der Waals surface area (Å²) in [5, 5.41) is 8.92. The number of hydrogen-bond donors (Lipinski definition) is 0. The lowest BCUT2D eigenvalue weighted by Crippen LogP contribution is -2.25. The summed E-state index contributed by atoms with van der Waals surface area (Å²) in [5.74, 6) is 1.45. The first-order valence-corrected chi connectivity index (χ1v) is 15.5. The molecule has 0 aliphatic heterocycles. The Kier molecular flexibility index (Phi) is 14.0. The van der Waals surface area contributed by atoms with Crippen LogP contribution in [0.5, 0.6) is 5.75 Å². The van der Waals surface area contributed by atoms with Crippen molar-refractivity contribution < 1.29 is 9.53 Å². The van der Waals surface area contributed by atoms with Crippen molar-refractivity contribution in [2.45, 2.75) is 122 Å². The first kappa shape index (κ1) is 29.9. The van der Waals surface area contributed by atoms with E-state index >= 15 is 0 Å². The van der Waals surface area contributed by atoms with Crippen LogP contribution in [0.15, 0.2) is 48.5 Å². The first-order valence-electron chi connectivity index (χ1n) is 15.5. The molecule has 1 aliphatic carbocycles. The van der Waals surface area contributed by atoms with Gasteiger partial charge in [-0.05, 0) is 79.8 Å². The van der Waals surface area contributed by atoms with Crippen molar-refractivity contribution in [3.05, 3.63) is 65.2 Å². The topological polar surface area (TPSA) is 50.1 Å². The number of benzene rings is 2. The van der Waals surface area contributed by atoms with Crippen LogP contribution in [0.3, 0.4) is 0 Å². The quantitative estimate of drug-likeness (QED) is 0.120. The number of hydrogen-bond acceptors (Lipinski definition) is 3. The van der Waals surface area contributed by atoms with Gasteiger partial charge < -0.3 is 4.74 Å². The molecular formula is C35H49NO2. The highest BCUT2D eigenvalue weighted by atomic mass is 16.5. The third-order valence-corrected chi connectivity index (χ3v) is 8.32. The van der Waals surface area contributed by atoms with Gasteiger partial charge in [-0.2, -0.15) is 5.26 Å². The summed E-state index contributed by atoms with van der Waals surface area (Å²) in [5.41, 5.74) is 3.13. The zero-order valence-electron chi connectivity index (χ0n) is 23.8. The van der Waals surface area contributed by atoms with Gasteiger partial charge in [-0.15, -0.1) is 0 Å². The molecule has 0 radical (unpaired) electrons. The zero-order chi connectivity index (χ0) is 26.8. The monoisotopic (exact) mass is 515 g/mol. The number of nitriles is 1. The molecule has 3 heteroatoms. The molecule has 0 N–H and O–H groups in total. The molecule has 3 rings (SSSR count). The molecule has 206 valence electrons. The van der Waals surface area contributed by atoms with Crippen molar-refractivity contribution in [1.29, 1.82) is 5.26 Å². The van der Waals surface area contributed by atoms with Crippen LogP contribution in [0, 0.1) is 23.2 Å². The fourth-order valence-electron chi connectivity index (χ4n) is 5.74. The molecule has 2 aromatic rings. The van der Waals surface area contributed by atoms with Crippen LogP contribution >= 0.6 is 0 Å². The Labute approximate surface area is 232 Å². The van der Waals surface area contributed by atoms with E-state index in [9.17, 15) is 4.79 Å². The predicted molar refractivity (Wildman–Crippen MR) is 157 cm³/mol. The number of carbonyl (C=O) groups is 1. The van der Waals surface area contributed by atoms with E-state index in [1.807, 2.05) is 36.4 Å². The second-order valence-electron chi connectivity index (χ2n) is 11.4.